The number of ether oxygens (including phenoxy) is 1. The molecule has 1 aliphatic heterocycles. The molecule has 0 aromatic heterocycles. The highest BCUT2D eigenvalue weighted by molar-refractivity contribution is 7.98. The number of sulfone groups is 1. The monoisotopic (exact) mass is 549 g/mol. The molecule has 2 aromatic carbocycles. The number of aliphatic carboxylic acids is 1. The van der Waals surface area contributed by atoms with Crippen molar-refractivity contribution < 1.29 is 28.2 Å². The molecule has 9 heteroatoms. The average Bonchev–Trinajstić information content (AvgIpc) is 2.97. The number of hydrogen-bond acceptors (Lipinski definition) is 7. The molecule has 0 radical (unpaired) electrons. The minimum absolute atomic E-state index is 0.0429. The van der Waals surface area contributed by atoms with Gasteiger partial charge in [0, 0.05) is 23.7 Å². The second-order valence-corrected chi connectivity index (χ2v) is 13.0. The fraction of sp³-hybridized carbons (Fsp3) is 0.536. The van der Waals surface area contributed by atoms with Gasteiger partial charge in [0.2, 0.25) is 0 Å². The van der Waals surface area contributed by atoms with Crippen LogP contribution >= 0.6 is 11.8 Å². The molecule has 0 spiro atoms. The van der Waals surface area contributed by atoms with E-state index in [0.29, 0.717) is 17.1 Å². The second-order valence-electron chi connectivity index (χ2n) is 10.2. The molecule has 204 valence electrons. The summed E-state index contributed by atoms with van der Waals surface area (Å²) < 4.78 is 33.8. The van der Waals surface area contributed by atoms with E-state index in [2.05, 4.69) is 18.7 Å². The lowest BCUT2D eigenvalue weighted by Crippen LogP contribution is -2.41. The van der Waals surface area contributed by atoms with Gasteiger partial charge >= 0.3 is 5.97 Å². The highest BCUT2D eigenvalue weighted by atomic mass is 32.2. The largest absolute Gasteiger partial charge is 0.489 e. The fourth-order valence-electron chi connectivity index (χ4n) is 4.86. The van der Waals surface area contributed by atoms with Crippen molar-refractivity contribution in [3.63, 3.8) is 0 Å². The van der Waals surface area contributed by atoms with E-state index in [0.717, 1.165) is 51.1 Å². The van der Waals surface area contributed by atoms with E-state index in [1.54, 1.807) is 0 Å². The first-order chi connectivity index (χ1) is 17.5. The third-order valence-electron chi connectivity index (χ3n) is 7.02. The number of para-hydroxylation sites is 1. The molecule has 3 rings (SSSR count). The van der Waals surface area contributed by atoms with Gasteiger partial charge in [0.15, 0.2) is 15.4 Å². The minimum Gasteiger partial charge on any atom is -0.489 e. The van der Waals surface area contributed by atoms with Gasteiger partial charge in [0.25, 0.3) is 0 Å². The normalized spacial score (nSPS) is 17.9. The lowest BCUT2D eigenvalue weighted by atomic mass is 9.79. The van der Waals surface area contributed by atoms with Crippen molar-refractivity contribution in [3.05, 3.63) is 42.5 Å². The van der Waals surface area contributed by atoms with E-state index < -0.39 is 33.4 Å². The number of anilines is 2. The van der Waals surface area contributed by atoms with Crippen LogP contribution in [0.25, 0.3) is 0 Å². The number of nitrogens with zero attached hydrogens (tertiary/aromatic N) is 1. The van der Waals surface area contributed by atoms with Crippen molar-refractivity contribution in [1.29, 1.82) is 0 Å². The Morgan fingerprint density at radius 2 is 1.76 bits per heavy atom. The lowest BCUT2D eigenvalue weighted by molar-refractivity contribution is -0.159. The number of carbonyl (C=O) groups is 1. The van der Waals surface area contributed by atoms with Crippen molar-refractivity contribution in [1.82, 2.24) is 0 Å². The summed E-state index contributed by atoms with van der Waals surface area (Å²) in [6, 6.07) is 13.2. The highest BCUT2D eigenvalue weighted by Crippen LogP contribution is 2.47. The number of unbranched alkanes of at least 4 members (excludes halogenated alkanes) is 2. The second kappa shape index (κ2) is 12.1. The molecule has 0 fully saturated rings. The van der Waals surface area contributed by atoms with E-state index in [4.69, 9.17) is 4.74 Å². The third-order valence-corrected chi connectivity index (χ3v) is 9.77. The molecule has 0 aliphatic carbocycles. The molecule has 1 aliphatic rings. The smallest absolute Gasteiger partial charge is 0.339 e. The summed E-state index contributed by atoms with van der Waals surface area (Å²) in [5.74, 6) is -1.12. The molecule has 0 saturated heterocycles. The fourth-order valence-corrected chi connectivity index (χ4v) is 7.52. The van der Waals surface area contributed by atoms with E-state index in [-0.39, 0.29) is 16.4 Å². The first kappa shape index (κ1) is 29.3. The summed E-state index contributed by atoms with van der Waals surface area (Å²) in [7, 11) is -3.72. The van der Waals surface area contributed by atoms with Gasteiger partial charge in [-0.3, -0.25) is 0 Å². The SMILES string of the molecule is CCCCC1(CCCC)CN(c2ccccc2)c2cc(SC)c(OCC(C)(O)C(=O)O)cc2S(=O)(=O)C1. The Hall–Kier alpha value is -2.23. The van der Waals surface area contributed by atoms with Crippen LogP contribution < -0.4 is 9.64 Å². The maximum Gasteiger partial charge on any atom is 0.339 e. The number of carboxylic acid groups (broad SMARTS) is 1. The van der Waals surface area contributed by atoms with Crippen molar-refractivity contribution in [3.8, 4) is 5.75 Å². The summed E-state index contributed by atoms with van der Waals surface area (Å²) >= 11 is 1.38. The zero-order valence-electron chi connectivity index (χ0n) is 22.2. The van der Waals surface area contributed by atoms with Crippen LogP contribution in [0.3, 0.4) is 0 Å². The van der Waals surface area contributed by atoms with Crippen LogP contribution in [-0.2, 0) is 14.6 Å². The zero-order valence-corrected chi connectivity index (χ0v) is 23.8. The predicted octanol–water partition coefficient (Wildman–Crippen LogP) is 5.92. The number of benzene rings is 2. The maximum atomic E-state index is 14.0. The molecule has 0 amide bonds. The summed E-state index contributed by atoms with van der Waals surface area (Å²) in [5, 5.41) is 19.4. The van der Waals surface area contributed by atoms with Gasteiger partial charge < -0.3 is 19.8 Å². The van der Waals surface area contributed by atoms with Gasteiger partial charge in [-0.1, -0.05) is 57.7 Å². The predicted molar refractivity (Wildman–Crippen MR) is 149 cm³/mol. The Morgan fingerprint density at radius 1 is 1.14 bits per heavy atom. The number of hydrogen-bond donors (Lipinski definition) is 2. The Morgan fingerprint density at radius 3 is 2.30 bits per heavy atom. The molecule has 1 unspecified atom stereocenters. The Bertz CT molecular complexity index is 1170. The number of carboxylic acids is 1. The average molecular weight is 550 g/mol. The third kappa shape index (κ3) is 6.81. The molecule has 37 heavy (non-hydrogen) atoms. The topological polar surface area (TPSA) is 104 Å². The van der Waals surface area contributed by atoms with Gasteiger partial charge in [-0.05, 0) is 44.2 Å². The summed E-state index contributed by atoms with van der Waals surface area (Å²) in [6.45, 7) is 5.49. The Kier molecular flexibility index (Phi) is 9.58. The maximum absolute atomic E-state index is 14.0. The van der Waals surface area contributed by atoms with Crippen LogP contribution in [0.2, 0.25) is 0 Å². The van der Waals surface area contributed by atoms with Gasteiger partial charge in [-0.25, -0.2) is 13.2 Å². The number of aliphatic hydroxyl groups is 1. The molecule has 2 N–H and O–H groups in total. The van der Waals surface area contributed by atoms with Crippen LogP contribution in [0.15, 0.2) is 52.3 Å². The minimum atomic E-state index is -3.72. The Balaban J connectivity index is 2.20. The molecule has 0 bridgehead atoms. The van der Waals surface area contributed by atoms with Crippen LogP contribution in [0.4, 0.5) is 11.4 Å². The molecule has 1 heterocycles. The van der Waals surface area contributed by atoms with E-state index in [9.17, 15) is 23.4 Å². The first-order valence-electron chi connectivity index (χ1n) is 12.8. The van der Waals surface area contributed by atoms with Gasteiger partial charge in [0.1, 0.15) is 12.4 Å². The van der Waals surface area contributed by atoms with Gasteiger partial charge in [-0.2, -0.15) is 0 Å². The Labute approximate surface area is 225 Å². The van der Waals surface area contributed by atoms with E-state index in [1.165, 1.54) is 17.8 Å². The van der Waals surface area contributed by atoms with Crippen molar-refractivity contribution in [2.45, 2.75) is 74.7 Å². The lowest BCUT2D eigenvalue weighted by Gasteiger charge is -2.37. The van der Waals surface area contributed by atoms with Crippen LogP contribution in [0.5, 0.6) is 5.75 Å². The van der Waals surface area contributed by atoms with Crippen LogP contribution in [0.1, 0.15) is 59.3 Å². The van der Waals surface area contributed by atoms with E-state index >= 15 is 0 Å². The van der Waals surface area contributed by atoms with E-state index in [1.807, 2.05) is 42.7 Å². The van der Waals surface area contributed by atoms with Crippen molar-refractivity contribution in [2.24, 2.45) is 5.41 Å². The summed E-state index contributed by atoms with van der Waals surface area (Å²) in [4.78, 5) is 14.4. The zero-order chi connectivity index (χ0) is 27.3. The summed E-state index contributed by atoms with van der Waals surface area (Å²) in [5.41, 5.74) is -0.990. The molecule has 7 nitrogen and oxygen atoms in total. The van der Waals surface area contributed by atoms with Gasteiger partial charge in [0.05, 0.1) is 21.2 Å². The highest BCUT2D eigenvalue weighted by Gasteiger charge is 2.42. The van der Waals surface area contributed by atoms with Crippen molar-refractivity contribution >= 4 is 38.9 Å². The van der Waals surface area contributed by atoms with Crippen LogP contribution in [-0.4, -0.2) is 55.4 Å². The molecular formula is C28H39NO6S2. The van der Waals surface area contributed by atoms with Gasteiger partial charge in [-0.15, -0.1) is 11.8 Å². The summed E-state index contributed by atoms with van der Waals surface area (Å²) in [6.07, 6.45) is 7.38. The van der Waals surface area contributed by atoms with Crippen LogP contribution in [0, 0.1) is 5.41 Å². The number of fused-ring (bicyclic) bond motifs is 1. The van der Waals surface area contributed by atoms with Crippen molar-refractivity contribution in [2.75, 3.05) is 30.1 Å². The number of rotatable bonds is 12. The molecule has 0 saturated carbocycles. The number of thioether (sulfide) groups is 1. The molecule has 1 atom stereocenters. The standard InChI is InChI=1S/C28H39NO6S2/c1-5-7-14-28(15-8-6-2)18-29(21-12-10-9-11-13-21)22-16-24(36-4)23(17-25(22)37(33,34)20-28)35-19-27(3,32)26(30)31/h9-13,16-17,32H,5-8,14-15,18-20H2,1-4H3,(H,30,31). The molecular weight excluding hydrogens is 510 g/mol. The quantitative estimate of drug-likeness (QED) is 0.315. The molecule has 2 aromatic rings. The first-order valence-corrected chi connectivity index (χ1v) is 15.7.